The predicted octanol–water partition coefficient (Wildman–Crippen LogP) is 0.634. The van der Waals surface area contributed by atoms with Crippen molar-refractivity contribution in [2.24, 2.45) is 0 Å². The van der Waals surface area contributed by atoms with Crippen LogP contribution in [-0.2, 0) is 0 Å². The zero-order valence-corrected chi connectivity index (χ0v) is 7.90. The maximum Gasteiger partial charge on any atom is 0.136 e. The molecule has 2 heterocycles. The van der Waals surface area contributed by atoms with Gasteiger partial charge in [-0.1, -0.05) is 0 Å². The van der Waals surface area contributed by atoms with Crippen molar-refractivity contribution in [1.29, 1.82) is 0 Å². The summed E-state index contributed by atoms with van der Waals surface area (Å²) < 4.78 is 0. The third-order valence-electron chi connectivity index (χ3n) is 2.39. The molecule has 1 aromatic rings. The van der Waals surface area contributed by atoms with Crippen molar-refractivity contribution in [3.05, 3.63) is 24.4 Å². The Morgan fingerprint density at radius 2 is 2.08 bits per heavy atom. The third-order valence-corrected chi connectivity index (χ3v) is 2.39. The van der Waals surface area contributed by atoms with Crippen molar-refractivity contribution in [2.75, 3.05) is 38.1 Å². The van der Waals surface area contributed by atoms with Crippen molar-refractivity contribution in [3.8, 4) is 0 Å². The summed E-state index contributed by atoms with van der Waals surface area (Å²) in [7, 11) is 2.15. The summed E-state index contributed by atoms with van der Waals surface area (Å²) in [5.41, 5.74) is 0. The van der Waals surface area contributed by atoms with E-state index in [1.165, 1.54) is 0 Å². The summed E-state index contributed by atoms with van der Waals surface area (Å²) in [5.74, 6) is 0.982. The highest BCUT2D eigenvalue weighted by Crippen LogP contribution is 2.10. The van der Waals surface area contributed by atoms with Crippen LogP contribution in [-0.4, -0.2) is 43.1 Å². The van der Waals surface area contributed by atoms with E-state index in [2.05, 4.69) is 27.9 Å². The molecule has 0 N–H and O–H groups in total. The monoisotopic (exact) mass is 176 g/mol. The van der Waals surface area contributed by atoms with Gasteiger partial charge in [0.15, 0.2) is 0 Å². The highest BCUT2D eigenvalue weighted by atomic mass is 15.3. The summed E-state index contributed by atoms with van der Waals surface area (Å²) in [6, 6.07) is 6.97. The largest absolute Gasteiger partial charge is 0.354 e. The van der Waals surface area contributed by atoms with Gasteiger partial charge >= 0.3 is 0 Å². The van der Waals surface area contributed by atoms with Crippen LogP contribution in [0.15, 0.2) is 18.3 Å². The molecule has 0 bridgehead atoms. The molecule has 3 nitrogen and oxygen atoms in total. The van der Waals surface area contributed by atoms with E-state index >= 15 is 0 Å². The smallest absolute Gasteiger partial charge is 0.136 e. The second-order valence-electron chi connectivity index (χ2n) is 3.40. The number of hydrogen-bond donors (Lipinski definition) is 0. The van der Waals surface area contributed by atoms with Crippen molar-refractivity contribution in [2.45, 2.75) is 0 Å². The molecule has 13 heavy (non-hydrogen) atoms. The molecule has 0 amide bonds. The topological polar surface area (TPSA) is 19.4 Å². The molecule has 0 aromatic carbocycles. The van der Waals surface area contributed by atoms with Crippen LogP contribution in [0.2, 0.25) is 0 Å². The lowest BCUT2D eigenvalue weighted by Gasteiger charge is -2.32. The van der Waals surface area contributed by atoms with Crippen LogP contribution in [0.3, 0.4) is 0 Å². The first-order valence-corrected chi connectivity index (χ1v) is 4.62. The number of likely N-dealkylation sites (N-methyl/N-ethyl adjacent to an activating group) is 1. The van der Waals surface area contributed by atoms with Gasteiger partial charge in [-0.25, -0.2) is 4.98 Å². The second kappa shape index (κ2) is 3.75. The first kappa shape index (κ1) is 8.51. The summed E-state index contributed by atoms with van der Waals surface area (Å²) in [4.78, 5) is 8.89. The molecule has 0 unspecified atom stereocenters. The summed E-state index contributed by atoms with van der Waals surface area (Å²) in [6.07, 6.45) is 1.82. The van der Waals surface area contributed by atoms with Crippen LogP contribution in [0.1, 0.15) is 0 Å². The molecular weight excluding hydrogens is 162 g/mol. The molecule has 0 atom stereocenters. The zero-order valence-electron chi connectivity index (χ0n) is 7.90. The van der Waals surface area contributed by atoms with Crippen molar-refractivity contribution >= 4 is 5.82 Å². The number of piperazine rings is 1. The average molecular weight is 176 g/mol. The van der Waals surface area contributed by atoms with E-state index in [4.69, 9.17) is 0 Å². The van der Waals surface area contributed by atoms with Gasteiger partial charge < -0.3 is 9.80 Å². The molecule has 1 aromatic heterocycles. The number of anilines is 1. The normalized spacial score (nSPS) is 19.0. The van der Waals surface area contributed by atoms with E-state index in [9.17, 15) is 0 Å². The van der Waals surface area contributed by atoms with Gasteiger partial charge in [0.25, 0.3) is 0 Å². The lowest BCUT2D eigenvalue weighted by molar-refractivity contribution is 0.312. The number of hydrogen-bond acceptors (Lipinski definition) is 3. The van der Waals surface area contributed by atoms with Crippen LogP contribution in [0.4, 0.5) is 5.82 Å². The van der Waals surface area contributed by atoms with Gasteiger partial charge in [0.2, 0.25) is 0 Å². The van der Waals surface area contributed by atoms with E-state index in [1.807, 2.05) is 18.3 Å². The van der Waals surface area contributed by atoms with Gasteiger partial charge in [-0.05, 0) is 19.2 Å². The fraction of sp³-hybridized carbons (Fsp3) is 0.500. The Labute approximate surface area is 79.0 Å². The van der Waals surface area contributed by atoms with E-state index in [0.29, 0.717) is 0 Å². The van der Waals surface area contributed by atoms with E-state index in [-0.39, 0.29) is 0 Å². The molecule has 1 saturated heterocycles. The van der Waals surface area contributed by atoms with Crippen molar-refractivity contribution in [1.82, 2.24) is 9.88 Å². The third kappa shape index (κ3) is 1.98. The number of aromatic nitrogens is 1. The molecule has 1 fully saturated rings. The molecule has 69 valence electrons. The lowest BCUT2D eigenvalue weighted by Crippen LogP contribution is -2.44. The van der Waals surface area contributed by atoms with E-state index < -0.39 is 0 Å². The number of pyridine rings is 1. The maximum absolute atomic E-state index is 4.28. The minimum atomic E-state index is 0.982. The molecule has 1 aliphatic rings. The predicted molar refractivity (Wildman–Crippen MR) is 52.8 cm³/mol. The van der Waals surface area contributed by atoms with Crippen LogP contribution in [0, 0.1) is 6.07 Å². The molecule has 3 heteroatoms. The minimum absolute atomic E-state index is 0.982. The van der Waals surface area contributed by atoms with Gasteiger partial charge in [-0.2, -0.15) is 0 Å². The quantitative estimate of drug-likeness (QED) is 0.625. The number of nitrogens with zero attached hydrogens (tertiary/aromatic N) is 3. The van der Waals surface area contributed by atoms with Crippen molar-refractivity contribution in [3.63, 3.8) is 0 Å². The molecule has 0 saturated carbocycles. The van der Waals surface area contributed by atoms with Gasteiger partial charge in [0, 0.05) is 38.4 Å². The summed E-state index contributed by atoms with van der Waals surface area (Å²) in [6.45, 7) is 4.35. The molecule has 1 aliphatic heterocycles. The molecule has 1 radical (unpaired) electrons. The molecule has 0 aliphatic carbocycles. The Morgan fingerprint density at radius 1 is 1.31 bits per heavy atom. The van der Waals surface area contributed by atoms with Gasteiger partial charge in [-0.3, -0.25) is 0 Å². The van der Waals surface area contributed by atoms with Crippen LogP contribution < -0.4 is 4.90 Å². The number of rotatable bonds is 1. The van der Waals surface area contributed by atoms with Crippen LogP contribution in [0.5, 0.6) is 0 Å². The average Bonchev–Trinajstić information content (AvgIpc) is 2.20. The molecule has 0 spiro atoms. The highest BCUT2D eigenvalue weighted by Gasteiger charge is 2.14. The first-order valence-electron chi connectivity index (χ1n) is 4.62. The SMILES string of the molecule is CN1CCN(c2[c]cccn2)CC1. The standard InChI is InChI=1S/C10H14N3/c1-12-6-8-13(9-7-12)10-4-2-3-5-11-10/h2-3,5H,6-9H2,1H3. The Kier molecular flexibility index (Phi) is 2.45. The fourth-order valence-electron chi connectivity index (χ4n) is 1.51. The maximum atomic E-state index is 4.28. The second-order valence-corrected chi connectivity index (χ2v) is 3.40. The van der Waals surface area contributed by atoms with Gasteiger partial charge in [0.1, 0.15) is 5.82 Å². The van der Waals surface area contributed by atoms with Crippen LogP contribution >= 0.6 is 0 Å². The van der Waals surface area contributed by atoms with Gasteiger partial charge in [-0.15, -0.1) is 0 Å². The van der Waals surface area contributed by atoms with Gasteiger partial charge in [0.05, 0.1) is 0 Å². The van der Waals surface area contributed by atoms with E-state index in [0.717, 1.165) is 32.0 Å². The Hall–Kier alpha value is -1.09. The fourth-order valence-corrected chi connectivity index (χ4v) is 1.51. The Bertz CT molecular complexity index is 252. The van der Waals surface area contributed by atoms with Crippen molar-refractivity contribution < 1.29 is 0 Å². The Balaban J connectivity index is 2.03. The minimum Gasteiger partial charge on any atom is -0.354 e. The van der Waals surface area contributed by atoms with Crippen LogP contribution in [0.25, 0.3) is 0 Å². The summed E-state index contributed by atoms with van der Waals surface area (Å²) in [5, 5.41) is 0. The molecular formula is C10H14N3. The summed E-state index contributed by atoms with van der Waals surface area (Å²) >= 11 is 0. The molecule has 2 rings (SSSR count). The highest BCUT2D eigenvalue weighted by molar-refractivity contribution is 5.36. The van der Waals surface area contributed by atoms with E-state index in [1.54, 1.807) is 0 Å². The zero-order chi connectivity index (χ0) is 9.10. The first-order chi connectivity index (χ1) is 6.36. The Morgan fingerprint density at radius 3 is 2.69 bits per heavy atom. The lowest BCUT2D eigenvalue weighted by atomic mass is 10.3.